The van der Waals surface area contributed by atoms with Crippen LogP contribution in [0.25, 0.3) is 0 Å². The lowest BCUT2D eigenvalue weighted by molar-refractivity contribution is -0.122. The molecule has 0 radical (unpaired) electrons. The molecule has 1 aliphatic rings. The van der Waals surface area contributed by atoms with E-state index >= 15 is 0 Å². The second kappa shape index (κ2) is 7.11. The average molecular weight is 370 g/mol. The molecular weight excluding hydrogens is 354 g/mol. The Morgan fingerprint density at radius 2 is 2.11 bits per heavy atom. The smallest absolute Gasteiger partial charge is 0.256 e. The minimum atomic E-state index is -1.00. The molecule has 0 bridgehead atoms. The molecule has 1 aliphatic carbocycles. The van der Waals surface area contributed by atoms with Crippen molar-refractivity contribution in [3.63, 3.8) is 0 Å². The van der Waals surface area contributed by atoms with Gasteiger partial charge < -0.3 is 10.6 Å². The van der Waals surface area contributed by atoms with Crippen molar-refractivity contribution < 1.29 is 18.4 Å². The molecule has 27 heavy (non-hydrogen) atoms. The zero-order valence-corrected chi connectivity index (χ0v) is 14.4. The highest BCUT2D eigenvalue weighted by Gasteiger charge is 2.38. The maximum absolute atomic E-state index is 14.1. The lowest BCUT2D eigenvalue weighted by atomic mass is 10.0. The number of rotatable bonds is 4. The van der Waals surface area contributed by atoms with E-state index in [1.54, 1.807) is 0 Å². The molecule has 1 aromatic heterocycles. The Morgan fingerprint density at radius 1 is 1.37 bits per heavy atom. The number of amides is 2. The fourth-order valence-electron chi connectivity index (χ4n) is 3.37. The lowest BCUT2D eigenvalue weighted by Crippen LogP contribution is -2.47. The summed E-state index contributed by atoms with van der Waals surface area (Å²) in [6, 6.07) is 4.92. The number of nitriles is 1. The maximum Gasteiger partial charge on any atom is 0.256 e. The van der Waals surface area contributed by atoms with Crippen LogP contribution in [0.3, 0.4) is 0 Å². The number of pyridine rings is 1. The molecule has 0 saturated heterocycles. The van der Waals surface area contributed by atoms with E-state index in [4.69, 9.17) is 11.0 Å². The summed E-state index contributed by atoms with van der Waals surface area (Å²) in [4.78, 5) is 30.0. The number of carbonyl (C=O) groups is 2. The van der Waals surface area contributed by atoms with Gasteiger partial charge in [-0.2, -0.15) is 5.26 Å². The van der Waals surface area contributed by atoms with Crippen LogP contribution < -0.4 is 5.73 Å². The quantitative estimate of drug-likeness (QED) is 0.892. The second-order valence-electron chi connectivity index (χ2n) is 6.34. The molecule has 0 aliphatic heterocycles. The molecule has 0 fully saturated rings. The van der Waals surface area contributed by atoms with Crippen molar-refractivity contribution in [1.29, 1.82) is 5.26 Å². The molecule has 0 spiro atoms. The number of hydrogen-bond donors (Lipinski definition) is 1. The summed E-state index contributed by atoms with van der Waals surface area (Å²) >= 11 is 0. The zero-order valence-electron chi connectivity index (χ0n) is 14.4. The zero-order chi connectivity index (χ0) is 19.7. The summed E-state index contributed by atoms with van der Waals surface area (Å²) in [6.45, 7) is 1.46. The molecule has 1 aromatic carbocycles. The van der Waals surface area contributed by atoms with Gasteiger partial charge in [0.25, 0.3) is 5.91 Å². The molecule has 2 amide bonds. The number of fused-ring (bicyclic) bond motifs is 1. The molecule has 1 heterocycles. The third-order valence-electron chi connectivity index (χ3n) is 4.75. The van der Waals surface area contributed by atoms with E-state index in [0.717, 1.165) is 6.07 Å². The average Bonchev–Trinajstić information content (AvgIpc) is 3.05. The molecule has 2 atom stereocenters. The van der Waals surface area contributed by atoms with Crippen LogP contribution in [0.2, 0.25) is 0 Å². The molecule has 8 heteroatoms. The second-order valence-corrected chi connectivity index (χ2v) is 6.34. The summed E-state index contributed by atoms with van der Waals surface area (Å²) < 4.78 is 27.8. The predicted octanol–water partition coefficient (Wildman–Crippen LogP) is 2.23. The molecule has 3 rings (SSSR count). The number of nitrogens with two attached hydrogens (primary N) is 1. The van der Waals surface area contributed by atoms with Crippen molar-refractivity contribution in [2.45, 2.75) is 31.8 Å². The predicted molar refractivity (Wildman–Crippen MR) is 91.2 cm³/mol. The maximum atomic E-state index is 14.1. The minimum absolute atomic E-state index is 0.136. The number of carbonyl (C=O) groups excluding carboxylic acids is 2. The van der Waals surface area contributed by atoms with Gasteiger partial charge in [-0.15, -0.1) is 0 Å². The lowest BCUT2D eigenvalue weighted by Gasteiger charge is -2.33. The van der Waals surface area contributed by atoms with Crippen LogP contribution in [-0.2, 0) is 11.2 Å². The van der Waals surface area contributed by atoms with E-state index < -0.39 is 35.5 Å². The normalized spacial score (nSPS) is 16.3. The monoisotopic (exact) mass is 370 g/mol. The van der Waals surface area contributed by atoms with Crippen LogP contribution in [0, 0.1) is 23.0 Å². The highest BCUT2D eigenvalue weighted by molar-refractivity contribution is 5.97. The van der Waals surface area contributed by atoms with Gasteiger partial charge in [-0.25, -0.2) is 13.8 Å². The first-order chi connectivity index (χ1) is 12.8. The highest BCUT2D eigenvalue weighted by atomic mass is 19.1. The molecule has 2 N–H and O–H groups in total. The topological polar surface area (TPSA) is 100 Å². The SMILES string of the molecule is C[C@H](C(N)=O)N(C(=O)c1ccc(C#N)nc1)[C@@H]1CCc2c(F)cc(F)cc21. The van der Waals surface area contributed by atoms with Gasteiger partial charge in [0.2, 0.25) is 5.91 Å². The largest absolute Gasteiger partial charge is 0.368 e. The first-order valence-electron chi connectivity index (χ1n) is 8.29. The van der Waals surface area contributed by atoms with E-state index in [1.165, 1.54) is 36.2 Å². The Balaban J connectivity index is 2.05. The fraction of sp³-hybridized carbons (Fsp3) is 0.263. The molecule has 0 saturated carbocycles. The van der Waals surface area contributed by atoms with E-state index in [9.17, 15) is 18.4 Å². The molecule has 0 unspecified atom stereocenters. The van der Waals surface area contributed by atoms with Gasteiger partial charge in [0.05, 0.1) is 11.6 Å². The number of primary amides is 1. The number of benzene rings is 1. The Bertz CT molecular complexity index is 953. The highest BCUT2D eigenvalue weighted by Crippen LogP contribution is 2.39. The van der Waals surface area contributed by atoms with Crippen LogP contribution >= 0.6 is 0 Å². The van der Waals surface area contributed by atoms with Crippen LogP contribution in [0.5, 0.6) is 0 Å². The Labute approximate surface area is 154 Å². The van der Waals surface area contributed by atoms with Crippen LogP contribution in [0.4, 0.5) is 8.78 Å². The van der Waals surface area contributed by atoms with E-state index in [-0.39, 0.29) is 11.3 Å². The molecule has 6 nitrogen and oxygen atoms in total. The fourth-order valence-corrected chi connectivity index (χ4v) is 3.37. The first kappa shape index (κ1) is 18.5. The van der Waals surface area contributed by atoms with Crippen molar-refractivity contribution in [3.05, 3.63) is 64.5 Å². The van der Waals surface area contributed by atoms with Crippen LogP contribution in [-0.4, -0.2) is 27.7 Å². The van der Waals surface area contributed by atoms with E-state index in [1.807, 2.05) is 6.07 Å². The molecule has 2 aromatic rings. The van der Waals surface area contributed by atoms with Crippen molar-refractivity contribution in [3.8, 4) is 6.07 Å². The van der Waals surface area contributed by atoms with Gasteiger partial charge in [0.15, 0.2) is 0 Å². The Morgan fingerprint density at radius 3 is 2.70 bits per heavy atom. The van der Waals surface area contributed by atoms with Crippen molar-refractivity contribution in [1.82, 2.24) is 9.88 Å². The van der Waals surface area contributed by atoms with Crippen LogP contribution in [0.15, 0.2) is 30.5 Å². The Kier molecular flexibility index (Phi) is 4.86. The van der Waals surface area contributed by atoms with Crippen molar-refractivity contribution >= 4 is 11.8 Å². The van der Waals surface area contributed by atoms with Gasteiger partial charge in [-0.1, -0.05) is 0 Å². The molecular formula is C19H16F2N4O2. The van der Waals surface area contributed by atoms with Crippen molar-refractivity contribution in [2.24, 2.45) is 5.73 Å². The van der Waals surface area contributed by atoms with Gasteiger partial charge in [0.1, 0.15) is 29.4 Å². The van der Waals surface area contributed by atoms with E-state index in [0.29, 0.717) is 24.0 Å². The minimum Gasteiger partial charge on any atom is -0.368 e. The summed E-state index contributed by atoms with van der Waals surface area (Å²) in [5.41, 5.74) is 6.34. The summed E-state index contributed by atoms with van der Waals surface area (Å²) in [6.07, 6.45) is 1.87. The number of halogens is 2. The van der Waals surface area contributed by atoms with E-state index in [2.05, 4.69) is 4.98 Å². The number of hydrogen-bond acceptors (Lipinski definition) is 4. The third-order valence-corrected chi connectivity index (χ3v) is 4.75. The summed E-state index contributed by atoms with van der Waals surface area (Å²) in [7, 11) is 0. The number of aromatic nitrogens is 1. The number of nitrogens with zero attached hydrogens (tertiary/aromatic N) is 3. The van der Waals surface area contributed by atoms with Crippen LogP contribution in [0.1, 0.15) is 46.6 Å². The van der Waals surface area contributed by atoms with Crippen molar-refractivity contribution in [2.75, 3.05) is 0 Å². The van der Waals surface area contributed by atoms with Gasteiger partial charge in [-0.3, -0.25) is 9.59 Å². The first-order valence-corrected chi connectivity index (χ1v) is 8.29. The molecule has 138 valence electrons. The van der Waals surface area contributed by atoms with Gasteiger partial charge >= 0.3 is 0 Å². The summed E-state index contributed by atoms with van der Waals surface area (Å²) in [5, 5.41) is 8.83. The van der Waals surface area contributed by atoms with Gasteiger partial charge in [-0.05, 0) is 49.1 Å². The summed E-state index contributed by atoms with van der Waals surface area (Å²) in [5.74, 6) is -2.72. The Hall–Kier alpha value is -3.34. The standard InChI is InChI=1S/C19H16F2N4O2/c1-10(18(23)26)25(19(27)11-2-3-13(8-22)24-9-11)17-5-4-14-15(17)6-12(20)7-16(14)21/h2-3,6-7,9-10,17H,4-5H2,1H3,(H2,23,26)/t10-,17-/m1/s1. The third kappa shape index (κ3) is 3.36. The van der Waals surface area contributed by atoms with Gasteiger partial charge in [0, 0.05) is 12.3 Å².